The smallest absolute Gasteiger partial charge is 0.354 e. The van der Waals surface area contributed by atoms with Gasteiger partial charge in [-0.15, -0.1) is 0 Å². The second-order valence-corrected chi connectivity index (χ2v) is 4.74. The molecule has 0 aliphatic carbocycles. The maximum atomic E-state index is 12.8. The molecule has 0 radical (unpaired) electrons. The molecule has 2 N–H and O–H groups in total. The number of fused-ring (bicyclic) bond motifs is 1. The second-order valence-electron chi connectivity index (χ2n) is 4.74. The molecule has 0 aliphatic heterocycles. The predicted molar refractivity (Wildman–Crippen MR) is 74.2 cm³/mol. The number of nitrogens with zero attached hydrogens (tertiary/aromatic N) is 4. The number of nitrogens with two attached hydrogens (primary N) is 1. The standard InChI is InChI=1S/C13H18F3N5/c1-2-3-6-20(7-4-17)12-10-9-11(13(14,15)16)19-21(10)8-5-18-12/h5,8-9H,2-4,6-7,17H2,1H3. The summed E-state index contributed by atoms with van der Waals surface area (Å²) in [6.07, 6.45) is 0.297. The molecule has 0 saturated heterocycles. The fraction of sp³-hybridized carbons (Fsp3) is 0.538. The Kier molecular flexibility index (Phi) is 4.66. The number of halogens is 3. The van der Waals surface area contributed by atoms with Gasteiger partial charge in [0.2, 0.25) is 0 Å². The van der Waals surface area contributed by atoms with Crippen LogP contribution in [0.15, 0.2) is 18.5 Å². The van der Waals surface area contributed by atoms with Crippen LogP contribution in [0.3, 0.4) is 0 Å². The summed E-state index contributed by atoms with van der Waals surface area (Å²) in [4.78, 5) is 6.12. The van der Waals surface area contributed by atoms with Crippen molar-refractivity contribution in [2.24, 2.45) is 5.73 Å². The van der Waals surface area contributed by atoms with E-state index < -0.39 is 11.9 Å². The third-order valence-corrected chi connectivity index (χ3v) is 3.14. The molecule has 5 nitrogen and oxygen atoms in total. The highest BCUT2D eigenvalue weighted by molar-refractivity contribution is 5.69. The van der Waals surface area contributed by atoms with E-state index in [-0.39, 0.29) is 0 Å². The van der Waals surface area contributed by atoms with Crippen molar-refractivity contribution in [3.63, 3.8) is 0 Å². The highest BCUT2D eigenvalue weighted by Crippen LogP contribution is 2.30. The van der Waals surface area contributed by atoms with Crippen LogP contribution in [0, 0.1) is 0 Å². The Labute approximate surface area is 120 Å². The third kappa shape index (κ3) is 3.44. The average molecular weight is 301 g/mol. The van der Waals surface area contributed by atoms with Crippen LogP contribution >= 0.6 is 0 Å². The van der Waals surface area contributed by atoms with Gasteiger partial charge in [0.05, 0.1) is 0 Å². The molecule has 116 valence electrons. The van der Waals surface area contributed by atoms with Gasteiger partial charge >= 0.3 is 6.18 Å². The van der Waals surface area contributed by atoms with E-state index in [0.717, 1.165) is 18.9 Å². The summed E-state index contributed by atoms with van der Waals surface area (Å²) in [7, 11) is 0. The van der Waals surface area contributed by atoms with Gasteiger partial charge in [-0.2, -0.15) is 18.3 Å². The Morgan fingerprint density at radius 3 is 2.71 bits per heavy atom. The van der Waals surface area contributed by atoms with Crippen molar-refractivity contribution in [3.05, 3.63) is 24.2 Å². The van der Waals surface area contributed by atoms with Crippen molar-refractivity contribution in [2.75, 3.05) is 24.5 Å². The van der Waals surface area contributed by atoms with E-state index in [4.69, 9.17) is 5.73 Å². The lowest BCUT2D eigenvalue weighted by atomic mass is 10.3. The minimum atomic E-state index is -4.47. The highest BCUT2D eigenvalue weighted by atomic mass is 19.4. The summed E-state index contributed by atoms with van der Waals surface area (Å²) in [5.74, 6) is 0.486. The van der Waals surface area contributed by atoms with Gasteiger partial charge in [-0.1, -0.05) is 13.3 Å². The monoisotopic (exact) mass is 301 g/mol. The molecule has 2 heterocycles. The quantitative estimate of drug-likeness (QED) is 0.889. The van der Waals surface area contributed by atoms with Crippen LogP contribution in [0.2, 0.25) is 0 Å². The van der Waals surface area contributed by atoms with Gasteiger partial charge in [0, 0.05) is 38.1 Å². The summed E-state index contributed by atoms with van der Waals surface area (Å²) < 4.78 is 39.5. The number of hydrogen-bond acceptors (Lipinski definition) is 4. The largest absolute Gasteiger partial charge is 0.435 e. The van der Waals surface area contributed by atoms with E-state index in [9.17, 15) is 13.2 Å². The van der Waals surface area contributed by atoms with Gasteiger partial charge in [-0.25, -0.2) is 9.50 Å². The van der Waals surface area contributed by atoms with Crippen molar-refractivity contribution in [3.8, 4) is 0 Å². The van der Waals surface area contributed by atoms with Crippen LogP contribution in [0.5, 0.6) is 0 Å². The average Bonchev–Trinajstić information content (AvgIpc) is 2.87. The molecule has 0 atom stereocenters. The summed E-state index contributed by atoms with van der Waals surface area (Å²) in [5.41, 5.74) is 5.01. The molecular formula is C13H18F3N5. The molecule has 2 rings (SSSR count). The molecular weight excluding hydrogens is 283 g/mol. The first kappa shape index (κ1) is 15.6. The first-order valence-corrected chi connectivity index (χ1v) is 6.84. The molecule has 0 saturated carbocycles. The molecule has 0 unspecified atom stereocenters. The molecule has 0 aromatic carbocycles. The Morgan fingerprint density at radius 2 is 2.10 bits per heavy atom. The lowest BCUT2D eigenvalue weighted by Gasteiger charge is -2.23. The van der Waals surface area contributed by atoms with Crippen molar-refractivity contribution in [2.45, 2.75) is 25.9 Å². The summed E-state index contributed by atoms with van der Waals surface area (Å²) in [6.45, 7) is 3.70. The SMILES string of the molecule is CCCCN(CCN)c1nccn2nc(C(F)(F)F)cc12. The number of hydrogen-bond donors (Lipinski definition) is 1. The van der Waals surface area contributed by atoms with Gasteiger partial charge in [0.1, 0.15) is 5.52 Å². The first-order valence-electron chi connectivity index (χ1n) is 6.84. The normalized spacial score (nSPS) is 12.0. The van der Waals surface area contributed by atoms with E-state index in [1.165, 1.54) is 16.9 Å². The van der Waals surface area contributed by atoms with Crippen molar-refractivity contribution >= 4 is 11.3 Å². The van der Waals surface area contributed by atoms with Gasteiger partial charge in [0.15, 0.2) is 11.5 Å². The predicted octanol–water partition coefficient (Wildman–Crippen LogP) is 2.31. The third-order valence-electron chi connectivity index (χ3n) is 3.14. The molecule has 0 bridgehead atoms. The lowest BCUT2D eigenvalue weighted by molar-refractivity contribution is -0.141. The van der Waals surface area contributed by atoms with Crippen molar-refractivity contribution in [1.82, 2.24) is 14.6 Å². The van der Waals surface area contributed by atoms with Gasteiger partial charge in [-0.3, -0.25) is 0 Å². The van der Waals surface area contributed by atoms with Crippen LogP contribution in [0.4, 0.5) is 19.0 Å². The van der Waals surface area contributed by atoms with Crippen LogP contribution in [0.25, 0.3) is 5.52 Å². The summed E-state index contributed by atoms with van der Waals surface area (Å²) >= 11 is 0. The Bertz CT molecular complexity index is 593. The van der Waals surface area contributed by atoms with E-state index in [1.807, 2.05) is 4.90 Å². The molecule has 2 aromatic heterocycles. The Balaban J connectivity index is 2.44. The van der Waals surface area contributed by atoms with Gasteiger partial charge in [0.25, 0.3) is 0 Å². The number of rotatable bonds is 6. The summed E-state index contributed by atoms with van der Waals surface area (Å²) in [5, 5.41) is 3.56. The maximum Gasteiger partial charge on any atom is 0.435 e. The van der Waals surface area contributed by atoms with E-state index in [2.05, 4.69) is 17.0 Å². The number of unbranched alkanes of at least 4 members (excludes halogenated alkanes) is 1. The fourth-order valence-corrected chi connectivity index (χ4v) is 2.12. The second kappa shape index (κ2) is 6.30. The fourth-order valence-electron chi connectivity index (χ4n) is 2.12. The summed E-state index contributed by atoms with van der Waals surface area (Å²) in [6, 6.07) is 1.03. The molecule has 0 aliphatic rings. The van der Waals surface area contributed by atoms with Gasteiger partial charge in [-0.05, 0) is 6.42 Å². The minimum Gasteiger partial charge on any atom is -0.354 e. The number of alkyl halides is 3. The first-order chi connectivity index (χ1) is 9.97. The molecule has 0 amide bonds. The van der Waals surface area contributed by atoms with Crippen molar-refractivity contribution in [1.29, 1.82) is 0 Å². The van der Waals surface area contributed by atoms with E-state index >= 15 is 0 Å². The minimum absolute atomic E-state index is 0.342. The van der Waals surface area contributed by atoms with Gasteiger partial charge < -0.3 is 10.6 Å². The molecule has 2 aromatic rings. The van der Waals surface area contributed by atoms with Crippen LogP contribution in [0.1, 0.15) is 25.5 Å². The van der Waals surface area contributed by atoms with Crippen LogP contribution < -0.4 is 10.6 Å². The van der Waals surface area contributed by atoms with Crippen LogP contribution in [-0.4, -0.2) is 34.2 Å². The zero-order valence-electron chi connectivity index (χ0n) is 11.8. The highest BCUT2D eigenvalue weighted by Gasteiger charge is 2.34. The van der Waals surface area contributed by atoms with Crippen molar-refractivity contribution < 1.29 is 13.2 Å². The zero-order valence-corrected chi connectivity index (χ0v) is 11.8. The topological polar surface area (TPSA) is 59.5 Å². The Hall–Kier alpha value is -1.83. The molecule has 21 heavy (non-hydrogen) atoms. The van der Waals surface area contributed by atoms with Crippen LogP contribution in [-0.2, 0) is 6.18 Å². The van der Waals surface area contributed by atoms with E-state index in [1.54, 1.807) is 0 Å². The lowest BCUT2D eigenvalue weighted by Crippen LogP contribution is -2.31. The maximum absolute atomic E-state index is 12.8. The zero-order chi connectivity index (χ0) is 15.5. The molecule has 0 spiro atoms. The number of aromatic nitrogens is 3. The number of anilines is 1. The molecule has 8 heteroatoms. The Morgan fingerprint density at radius 1 is 1.33 bits per heavy atom. The van der Waals surface area contributed by atoms with E-state index in [0.29, 0.717) is 31.0 Å². The molecule has 0 fully saturated rings.